The number of rotatable bonds is 6. The molecule has 0 N–H and O–H groups in total. The van der Waals surface area contributed by atoms with Crippen LogP contribution in [0.25, 0.3) is 0 Å². The lowest BCUT2D eigenvalue weighted by Crippen LogP contribution is -2.25. The van der Waals surface area contributed by atoms with E-state index in [2.05, 4.69) is 21.0 Å². The molecule has 16 heavy (non-hydrogen) atoms. The molecule has 0 amide bonds. The van der Waals surface area contributed by atoms with Crippen LogP contribution in [0.1, 0.15) is 19.8 Å². The summed E-state index contributed by atoms with van der Waals surface area (Å²) in [6.07, 6.45) is 3.78. The van der Waals surface area contributed by atoms with Crippen LogP contribution in [0.2, 0.25) is 0 Å². The third-order valence-corrected chi connectivity index (χ3v) is 3.08. The molecule has 4 nitrogen and oxygen atoms in total. The van der Waals surface area contributed by atoms with E-state index < -0.39 is 0 Å². The van der Waals surface area contributed by atoms with E-state index >= 15 is 0 Å². The van der Waals surface area contributed by atoms with Crippen LogP contribution in [0.4, 0.5) is 5.69 Å². The van der Waals surface area contributed by atoms with Crippen LogP contribution in [-0.4, -0.2) is 28.7 Å². The maximum Gasteiger partial charge on any atom is 0.268 e. The van der Waals surface area contributed by atoms with Crippen LogP contribution < -0.4 is 10.5 Å². The molecule has 1 heterocycles. The number of nitrogens with zero attached hydrogens (tertiary/aromatic N) is 3. The molecule has 0 saturated heterocycles. The van der Waals surface area contributed by atoms with Gasteiger partial charge in [0.1, 0.15) is 0 Å². The number of anilines is 1. The lowest BCUT2D eigenvalue weighted by atomic mass is 10.3. The first-order valence-electron chi connectivity index (χ1n) is 5.53. The van der Waals surface area contributed by atoms with E-state index in [1.165, 1.54) is 4.68 Å². The van der Waals surface area contributed by atoms with Gasteiger partial charge in [0.25, 0.3) is 5.56 Å². The molecule has 0 unspecified atom stereocenters. The summed E-state index contributed by atoms with van der Waals surface area (Å²) in [4.78, 5) is 13.7. The van der Waals surface area contributed by atoms with Crippen molar-refractivity contribution in [2.45, 2.75) is 26.3 Å². The highest BCUT2D eigenvalue weighted by Crippen LogP contribution is 2.06. The number of unbranched alkanes of at least 4 members (excludes halogenated alkanes) is 1. The highest BCUT2D eigenvalue weighted by molar-refractivity contribution is 9.09. The molecular weight excluding hydrogens is 270 g/mol. The fourth-order valence-electron chi connectivity index (χ4n) is 1.34. The average molecular weight is 288 g/mol. The highest BCUT2D eigenvalue weighted by atomic mass is 79.9. The van der Waals surface area contributed by atoms with Gasteiger partial charge in [0, 0.05) is 31.5 Å². The molecule has 1 aromatic heterocycles. The average Bonchev–Trinajstić information content (AvgIpc) is 2.30. The van der Waals surface area contributed by atoms with E-state index in [9.17, 15) is 4.79 Å². The fraction of sp³-hybridized carbons (Fsp3) is 0.636. The molecule has 5 heteroatoms. The van der Waals surface area contributed by atoms with E-state index in [4.69, 9.17) is 0 Å². The van der Waals surface area contributed by atoms with Gasteiger partial charge in [-0.1, -0.05) is 15.9 Å². The Balaban J connectivity index is 2.72. The molecule has 0 radical (unpaired) electrons. The molecule has 1 aromatic rings. The van der Waals surface area contributed by atoms with Crippen LogP contribution in [0.15, 0.2) is 17.1 Å². The Labute approximate surface area is 104 Å². The molecule has 0 aliphatic heterocycles. The zero-order valence-corrected chi connectivity index (χ0v) is 11.4. The van der Waals surface area contributed by atoms with Crippen molar-refractivity contribution in [2.75, 3.05) is 23.8 Å². The monoisotopic (exact) mass is 287 g/mol. The zero-order valence-electron chi connectivity index (χ0n) is 9.82. The molecule has 0 fully saturated rings. The minimum Gasteiger partial charge on any atom is -0.373 e. The van der Waals surface area contributed by atoms with Crippen LogP contribution in [-0.2, 0) is 6.54 Å². The first kappa shape index (κ1) is 13.2. The van der Waals surface area contributed by atoms with Gasteiger partial charge in [-0.25, -0.2) is 4.68 Å². The van der Waals surface area contributed by atoms with Crippen molar-refractivity contribution in [3.63, 3.8) is 0 Å². The lowest BCUT2D eigenvalue weighted by molar-refractivity contribution is 0.544. The summed E-state index contributed by atoms with van der Waals surface area (Å²) in [7, 11) is 1.95. The maximum absolute atomic E-state index is 11.7. The van der Waals surface area contributed by atoms with Crippen molar-refractivity contribution in [2.24, 2.45) is 0 Å². The van der Waals surface area contributed by atoms with E-state index in [0.717, 1.165) is 30.4 Å². The minimum atomic E-state index is -0.0210. The lowest BCUT2D eigenvalue weighted by Gasteiger charge is -2.16. The zero-order chi connectivity index (χ0) is 12.0. The summed E-state index contributed by atoms with van der Waals surface area (Å²) in [5.41, 5.74) is 0.858. The molecule has 0 spiro atoms. The van der Waals surface area contributed by atoms with Gasteiger partial charge in [-0.2, -0.15) is 5.10 Å². The normalized spacial score (nSPS) is 10.4. The van der Waals surface area contributed by atoms with Gasteiger partial charge >= 0.3 is 0 Å². The Kier molecular flexibility index (Phi) is 5.52. The van der Waals surface area contributed by atoms with Gasteiger partial charge < -0.3 is 4.90 Å². The van der Waals surface area contributed by atoms with Gasteiger partial charge in [0.05, 0.1) is 11.9 Å². The van der Waals surface area contributed by atoms with Gasteiger partial charge in [-0.3, -0.25) is 4.79 Å². The number of aryl methyl sites for hydroxylation is 1. The predicted octanol–water partition coefficient (Wildman–Crippen LogP) is 1.87. The Morgan fingerprint density at radius 2 is 2.25 bits per heavy atom. The second-order valence-electron chi connectivity index (χ2n) is 3.69. The van der Waals surface area contributed by atoms with Crippen molar-refractivity contribution in [1.82, 2.24) is 9.78 Å². The smallest absolute Gasteiger partial charge is 0.268 e. The predicted molar refractivity (Wildman–Crippen MR) is 70.5 cm³/mol. The molecular formula is C11H18BrN3O. The Hall–Kier alpha value is -0.840. The van der Waals surface area contributed by atoms with Crippen molar-refractivity contribution in [1.29, 1.82) is 0 Å². The van der Waals surface area contributed by atoms with E-state index in [1.807, 2.05) is 18.9 Å². The van der Waals surface area contributed by atoms with E-state index in [1.54, 1.807) is 12.3 Å². The molecule has 0 bridgehead atoms. The number of aromatic nitrogens is 2. The van der Waals surface area contributed by atoms with Gasteiger partial charge in [-0.05, 0) is 19.8 Å². The summed E-state index contributed by atoms with van der Waals surface area (Å²) < 4.78 is 1.52. The maximum atomic E-state index is 11.7. The molecule has 90 valence electrons. The molecule has 0 aliphatic carbocycles. The van der Waals surface area contributed by atoms with Crippen molar-refractivity contribution >= 4 is 21.6 Å². The number of halogens is 1. The third kappa shape index (κ3) is 3.63. The quantitative estimate of drug-likeness (QED) is 0.592. The Bertz CT molecular complexity index is 378. The molecule has 0 atom stereocenters. The third-order valence-electron chi connectivity index (χ3n) is 2.52. The van der Waals surface area contributed by atoms with Gasteiger partial charge in [0.2, 0.25) is 0 Å². The number of hydrogen-bond donors (Lipinski definition) is 0. The van der Waals surface area contributed by atoms with Crippen molar-refractivity contribution in [3.05, 3.63) is 22.6 Å². The topological polar surface area (TPSA) is 38.1 Å². The first-order valence-corrected chi connectivity index (χ1v) is 6.65. The summed E-state index contributed by atoms with van der Waals surface area (Å²) >= 11 is 3.37. The standard InChI is InChI=1S/C11H18BrN3O/c1-3-14(2)10-8-11(16)15(13-9-10)7-5-4-6-12/h8-9H,3-7H2,1-2H3. The second-order valence-corrected chi connectivity index (χ2v) is 4.48. The van der Waals surface area contributed by atoms with Gasteiger partial charge in [-0.15, -0.1) is 0 Å². The molecule has 1 rings (SSSR count). The molecule has 0 aliphatic rings. The highest BCUT2D eigenvalue weighted by Gasteiger charge is 2.02. The van der Waals surface area contributed by atoms with Crippen LogP contribution in [0.3, 0.4) is 0 Å². The van der Waals surface area contributed by atoms with Crippen LogP contribution >= 0.6 is 15.9 Å². The van der Waals surface area contributed by atoms with E-state index in [-0.39, 0.29) is 5.56 Å². The van der Waals surface area contributed by atoms with Crippen LogP contribution in [0, 0.1) is 0 Å². The fourth-order valence-corrected chi connectivity index (χ4v) is 1.74. The largest absolute Gasteiger partial charge is 0.373 e. The summed E-state index contributed by atoms with van der Waals surface area (Å²) in [6, 6.07) is 1.64. The van der Waals surface area contributed by atoms with Crippen molar-refractivity contribution in [3.8, 4) is 0 Å². The minimum absolute atomic E-state index is 0.0210. The Morgan fingerprint density at radius 3 is 2.81 bits per heavy atom. The number of hydrogen-bond acceptors (Lipinski definition) is 3. The number of alkyl halides is 1. The molecule has 0 saturated carbocycles. The van der Waals surface area contributed by atoms with E-state index in [0.29, 0.717) is 6.54 Å². The second kappa shape index (κ2) is 6.68. The summed E-state index contributed by atoms with van der Waals surface area (Å²) in [6.45, 7) is 3.61. The van der Waals surface area contributed by atoms with Gasteiger partial charge in [0.15, 0.2) is 0 Å². The summed E-state index contributed by atoms with van der Waals surface area (Å²) in [5, 5.41) is 5.14. The molecule has 0 aromatic carbocycles. The first-order chi connectivity index (χ1) is 7.69. The van der Waals surface area contributed by atoms with Crippen molar-refractivity contribution < 1.29 is 0 Å². The Morgan fingerprint density at radius 1 is 1.50 bits per heavy atom. The summed E-state index contributed by atoms with van der Waals surface area (Å²) in [5.74, 6) is 0. The SMILES string of the molecule is CCN(C)c1cnn(CCCCBr)c(=O)c1. The van der Waals surface area contributed by atoms with Crippen LogP contribution in [0.5, 0.6) is 0 Å².